The molecule has 4 nitrogen and oxygen atoms in total. The van der Waals surface area contributed by atoms with Crippen LogP contribution in [0.25, 0.3) is 5.69 Å². The molecule has 27 heavy (non-hydrogen) atoms. The van der Waals surface area contributed by atoms with E-state index in [9.17, 15) is 4.79 Å². The highest BCUT2D eigenvalue weighted by atomic mass is 35.5. The van der Waals surface area contributed by atoms with Crippen LogP contribution in [0.15, 0.2) is 47.4 Å². The first-order valence-electron chi connectivity index (χ1n) is 8.36. The summed E-state index contributed by atoms with van der Waals surface area (Å²) < 4.78 is 1.84. The Morgan fingerprint density at radius 3 is 2.33 bits per heavy atom. The molecule has 0 bridgehead atoms. The van der Waals surface area contributed by atoms with Crippen LogP contribution in [-0.2, 0) is 4.79 Å². The summed E-state index contributed by atoms with van der Waals surface area (Å²) in [6, 6.07) is 13.4. The van der Waals surface area contributed by atoms with Gasteiger partial charge in [-0.05, 0) is 45.0 Å². The van der Waals surface area contributed by atoms with Crippen molar-refractivity contribution in [2.45, 2.75) is 25.7 Å². The van der Waals surface area contributed by atoms with Crippen LogP contribution in [0, 0.1) is 20.8 Å². The van der Waals surface area contributed by atoms with Crippen LogP contribution >= 0.6 is 35.0 Å². The van der Waals surface area contributed by atoms with E-state index in [0.29, 0.717) is 14.9 Å². The number of nitrogens with one attached hydrogen (secondary N) is 1. The lowest BCUT2D eigenvalue weighted by Crippen LogP contribution is -2.15. The van der Waals surface area contributed by atoms with Gasteiger partial charge in [0.05, 0.1) is 38.6 Å². The fourth-order valence-electron chi connectivity index (χ4n) is 2.69. The lowest BCUT2D eigenvalue weighted by Gasteiger charge is -2.09. The van der Waals surface area contributed by atoms with E-state index in [1.54, 1.807) is 18.2 Å². The van der Waals surface area contributed by atoms with E-state index in [-0.39, 0.29) is 11.7 Å². The van der Waals surface area contributed by atoms with Gasteiger partial charge in [-0.15, -0.1) is 11.8 Å². The number of aryl methyl sites for hydroxylation is 2. The van der Waals surface area contributed by atoms with Gasteiger partial charge in [0.2, 0.25) is 5.91 Å². The number of hydrogen-bond donors (Lipinski definition) is 1. The number of nitrogens with zero attached hydrogens (tertiary/aromatic N) is 2. The molecule has 0 radical (unpaired) electrons. The molecule has 0 fully saturated rings. The van der Waals surface area contributed by atoms with E-state index in [2.05, 4.69) is 10.4 Å². The maximum atomic E-state index is 12.4. The normalized spacial score (nSPS) is 10.9. The highest BCUT2D eigenvalue weighted by Gasteiger charge is 2.16. The third kappa shape index (κ3) is 4.49. The molecule has 3 aromatic rings. The van der Waals surface area contributed by atoms with Gasteiger partial charge in [-0.1, -0.05) is 47.0 Å². The average molecular weight is 420 g/mol. The maximum Gasteiger partial charge on any atom is 0.234 e. The van der Waals surface area contributed by atoms with Crippen LogP contribution in [0.5, 0.6) is 0 Å². The highest BCUT2D eigenvalue weighted by Crippen LogP contribution is 2.34. The fourth-order valence-corrected chi connectivity index (χ4v) is 4.18. The quantitative estimate of drug-likeness (QED) is 0.528. The van der Waals surface area contributed by atoms with Crippen molar-refractivity contribution in [3.8, 4) is 5.69 Å². The molecule has 0 saturated carbocycles. The fraction of sp³-hybridized carbons (Fsp3) is 0.200. The van der Waals surface area contributed by atoms with Crippen molar-refractivity contribution in [3.63, 3.8) is 0 Å². The van der Waals surface area contributed by atoms with Crippen molar-refractivity contribution in [2.75, 3.05) is 11.1 Å². The van der Waals surface area contributed by atoms with Crippen LogP contribution in [0.2, 0.25) is 10.0 Å². The number of benzene rings is 2. The van der Waals surface area contributed by atoms with Crippen LogP contribution in [0.4, 0.5) is 5.69 Å². The second-order valence-electron chi connectivity index (χ2n) is 6.18. The Hall–Kier alpha value is -1.95. The maximum absolute atomic E-state index is 12.4. The van der Waals surface area contributed by atoms with E-state index in [1.165, 1.54) is 17.3 Å². The molecular formula is C20H19Cl2N3OS. The number of thioether (sulfide) groups is 1. The zero-order valence-electron chi connectivity index (χ0n) is 15.2. The zero-order chi connectivity index (χ0) is 19.6. The van der Waals surface area contributed by atoms with Gasteiger partial charge in [0.15, 0.2) is 0 Å². The lowest BCUT2D eigenvalue weighted by atomic mass is 10.2. The smallest absolute Gasteiger partial charge is 0.234 e. The summed E-state index contributed by atoms with van der Waals surface area (Å²) in [5.41, 5.74) is 4.52. The first-order valence-corrected chi connectivity index (χ1v) is 10.1. The van der Waals surface area contributed by atoms with Gasteiger partial charge in [-0.2, -0.15) is 5.10 Å². The Morgan fingerprint density at radius 1 is 1.07 bits per heavy atom. The molecule has 0 aliphatic rings. The monoisotopic (exact) mass is 419 g/mol. The van der Waals surface area contributed by atoms with Gasteiger partial charge in [0, 0.05) is 4.90 Å². The van der Waals surface area contributed by atoms with E-state index < -0.39 is 0 Å². The van der Waals surface area contributed by atoms with Crippen LogP contribution in [0.3, 0.4) is 0 Å². The number of halogens is 2. The first-order chi connectivity index (χ1) is 12.9. The number of rotatable bonds is 5. The third-order valence-corrected chi connectivity index (χ3v) is 6.09. The van der Waals surface area contributed by atoms with Gasteiger partial charge >= 0.3 is 0 Å². The molecule has 1 N–H and O–H groups in total. The van der Waals surface area contributed by atoms with Crippen molar-refractivity contribution in [2.24, 2.45) is 0 Å². The molecule has 0 atom stereocenters. The van der Waals surface area contributed by atoms with E-state index >= 15 is 0 Å². The van der Waals surface area contributed by atoms with Crippen LogP contribution in [-0.4, -0.2) is 21.4 Å². The summed E-state index contributed by atoms with van der Waals surface area (Å²) in [6.07, 6.45) is 0. The molecule has 1 amide bonds. The minimum absolute atomic E-state index is 0.134. The molecule has 0 spiro atoms. The molecule has 7 heteroatoms. The molecule has 0 unspecified atom stereocenters. The molecule has 0 aliphatic heterocycles. The van der Waals surface area contributed by atoms with Gasteiger partial charge < -0.3 is 5.32 Å². The summed E-state index contributed by atoms with van der Waals surface area (Å²) in [4.78, 5) is 13.2. The molecule has 1 aromatic heterocycles. The minimum atomic E-state index is -0.134. The third-order valence-electron chi connectivity index (χ3n) is 4.10. The van der Waals surface area contributed by atoms with Crippen molar-refractivity contribution in [1.29, 1.82) is 0 Å². The summed E-state index contributed by atoms with van der Waals surface area (Å²) in [5.74, 6) is 0.0727. The Balaban J connectivity index is 1.74. The number of hydrogen-bond acceptors (Lipinski definition) is 3. The second kappa shape index (κ2) is 8.38. The molecule has 0 saturated heterocycles. The highest BCUT2D eigenvalue weighted by molar-refractivity contribution is 8.00. The second-order valence-corrected chi connectivity index (χ2v) is 7.98. The minimum Gasteiger partial charge on any atom is -0.322 e. The van der Waals surface area contributed by atoms with Gasteiger partial charge in [0.1, 0.15) is 0 Å². The van der Waals surface area contributed by atoms with E-state index in [4.69, 9.17) is 23.2 Å². The van der Waals surface area contributed by atoms with E-state index in [0.717, 1.165) is 22.8 Å². The number of amides is 1. The van der Waals surface area contributed by atoms with Gasteiger partial charge in [0.25, 0.3) is 0 Å². The topological polar surface area (TPSA) is 46.9 Å². The van der Waals surface area contributed by atoms with E-state index in [1.807, 2.05) is 49.7 Å². The predicted molar refractivity (Wildman–Crippen MR) is 114 cm³/mol. The molecule has 1 heterocycles. The molecule has 140 valence electrons. The predicted octanol–water partition coefficient (Wildman–Crippen LogP) is 5.84. The summed E-state index contributed by atoms with van der Waals surface area (Å²) in [7, 11) is 0. The van der Waals surface area contributed by atoms with Crippen LogP contribution in [0.1, 0.15) is 17.0 Å². The Bertz CT molecular complexity index is 963. The lowest BCUT2D eigenvalue weighted by molar-refractivity contribution is -0.113. The SMILES string of the molecule is Cc1ccc(-n2nc(C)c(NC(=O)CSc3c(Cl)cccc3Cl)c2C)cc1. The van der Waals surface area contributed by atoms with Crippen molar-refractivity contribution < 1.29 is 4.79 Å². The average Bonchev–Trinajstić information content (AvgIpc) is 2.90. The van der Waals surface area contributed by atoms with Gasteiger partial charge in [-0.25, -0.2) is 4.68 Å². The van der Waals surface area contributed by atoms with Crippen molar-refractivity contribution in [1.82, 2.24) is 9.78 Å². The zero-order valence-corrected chi connectivity index (χ0v) is 17.5. The van der Waals surface area contributed by atoms with Crippen molar-refractivity contribution in [3.05, 3.63) is 69.5 Å². The Morgan fingerprint density at radius 2 is 1.70 bits per heavy atom. The number of carbonyl (C=O) groups excluding carboxylic acids is 1. The number of carbonyl (C=O) groups is 1. The van der Waals surface area contributed by atoms with Crippen molar-refractivity contribution >= 4 is 46.6 Å². The summed E-state index contributed by atoms with van der Waals surface area (Å²) in [5, 5.41) is 8.61. The molecule has 3 rings (SSSR count). The standard InChI is InChI=1S/C20H19Cl2N3OS/c1-12-7-9-15(10-8-12)25-14(3)19(13(2)24-25)23-18(26)11-27-20-16(21)5-4-6-17(20)22/h4-10H,11H2,1-3H3,(H,23,26). The first kappa shape index (κ1) is 19.8. The summed E-state index contributed by atoms with van der Waals surface area (Å²) >= 11 is 13.6. The largest absolute Gasteiger partial charge is 0.322 e. The Kier molecular flexibility index (Phi) is 6.15. The molecular weight excluding hydrogens is 401 g/mol. The van der Waals surface area contributed by atoms with Gasteiger partial charge in [-0.3, -0.25) is 4.79 Å². The molecule has 2 aromatic carbocycles. The van der Waals surface area contributed by atoms with Crippen LogP contribution < -0.4 is 5.32 Å². The Labute approximate surface area is 172 Å². The number of aromatic nitrogens is 2. The summed E-state index contributed by atoms with van der Waals surface area (Å²) in [6.45, 7) is 5.86. The molecule has 0 aliphatic carbocycles. The number of anilines is 1.